The molecule has 0 aromatic rings. The Hall–Kier alpha value is -0.790. The lowest BCUT2D eigenvalue weighted by molar-refractivity contribution is 0.792. The van der Waals surface area contributed by atoms with Gasteiger partial charge in [0, 0.05) is 11.8 Å². The quantitative estimate of drug-likeness (QED) is 0.667. The smallest absolute Gasteiger partial charge is 0.0446 e. The standard InChI is InChI=1S/C11H22N2/c1-6-10(7-12)11(8(2)3)13-9(4)5/h7-9H,6,12H2,1-5H3. The fourth-order valence-corrected chi connectivity index (χ4v) is 1.27. The second-order valence-corrected chi connectivity index (χ2v) is 3.81. The van der Waals surface area contributed by atoms with Crippen molar-refractivity contribution in [3.05, 3.63) is 11.8 Å². The SMILES string of the molecule is CCC(=CN)C(=NC(C)C)C(C)C. The number of allylic oxidation sites excluding steroid dienone is 1. The van der Waals surface area contributed by atoms with Crippen LogP contribution in [0, 0.1) is 5.92 Å². The first-order valence-corrected chi connectivity index (χ1v) is 5.01. The largest absolute Gasteiger partial charge is 0.404 e. The van der Waals surface area contributed by atoms with Gasteiger partial charge in [0.2, 0.25) is 0 Å². The lowest BCUT2D eigenvalue weighted by atomic mass is 9.98. The van der Waals surface area contributed by atoms with Crippen molar-refractivity contribution in [2.45, 2.75) is 47.1 Å². The molecule has 0 heterocycles. The van der Waals surface area contributed by atoms with E-state index in [0.717, 1.165) is 12.1 Å². The third-order valence-electron chi connectivity index (χ3n) is 1.86. The molecule has 0 spiro atoms. The van der Waals surface area contributed by atoms with Crippen molar-refractivity contribution in [1.29, 1.82) is 0 Å². The van der Waals surface area contributed by atoms with Crippen LogP contribution in [0.2, 0.25) is 0 Å². The minimum absolute atomic E-state index is 0.346. The molecule has 0 aliphatic rings. The predicted molar refractivity (Wildman–Crippen MR) is 60.0 cm³/mol. The van der Waals surface area contributed by atoms with Crippen LogP contribution in [0.25, 0.3) is 0 Å². The fourth-order valence-electron chi connectivity index (χ4n) is 1.27. The Morgan fingerprint density at radius 3 is 2.08 bits per heavy atom. The molecule has 0 aliphatic heterocycles. The minimum atomic E-state index is 0.346. The summed E-state index contributed by atoms with van der Waals surface area (Å²) in [5.41, 5.74) is 7.88. The molecule has 0 aromatic heterocycles. The Bertz CT molecular complexity index is 200. The highest BCUT2D eigenvalue weighted by Crippen LogP contribution is 2.12. The molecule has 0 rings (SSSR count). The monoisotopic (exact) mass is 182 g/mol. The number of aliphatic imine (C=N–C) groups is 1. The predicted octanol–water partition coefficient (Wildman–Crippen LogP) is 2.74. The van der Waals surface area contributed by atoms with E-state index in [1.165, 1.54) is 5.57 Å². The first-order valence-electron chi connectivity index (χ1n) is 5.01. The van der Waals surface area contributed by atoms with Gasteiger partial charge in [0.25, 0.3) is 0 Å². The van der Waals surface area contributed by atoms with E-state index in [4.69, 9.17) is 5.73 Å². The maximum atomic E-state index is 5.55. The number of hydrogen-bond donors (Lipinski definition) is 1. The molecule has 13 heavy (non-hydrogen) atoms. The number of hydrogen-bond acceptors (Lipinski definition) is 2. The van der Waals surface area contributed by atoms with Gasteiger partial charge in [-0.2, -0.15) is 0 Å². The van der Waals surface area contributed by atoms with Gasteiger partial charge in [0.15, 0.2) is 0 Å². The van der Waals surface area contributed by atoms with Gasteiger partial charge in [-0.25, -0.2) is 0 Å². The highest BCUT2D eigenvalue weighted by molar-refractivity contribution is 6.01. The molecule has 0 amide bonds. The zero-order valence-corrected chi connectivity index (χ0v) is 9.46. The van der Waals surface area contributed by atoms with Gasteiger partial charge in [-0.05, 0) is 38.0 Å². The van der Waals surface area contributed by atoms with Gasteiger partial charge < -0.3 is 5.73 Å². The first-order chi connectivity index (χ1) is 6.02. The van der Waals surface area contributed by atoms with Crippen LogP contribution in [-0.4, -0.2) is 11.8 Å². The molecule has 2 nitrogen and oxygen atoms in total. The maximum absolute atomic E-state index is 5.55. The summed E-state index contributed by atoms with van der Waals surface area (Å²) in [5, 5.41) is 0. The Kier molecular flexibility index (Phi) is 5.44. The van der Waals surface area contributed by atoms with E-state index in [0.29, 0.717) is 12.0 Å². The number of rotatable bonds is 4. The maximum Gasteiger partial charge on any atom is 0.0446 e. The summed E-state index contributed by atoms with van der Waals surface area (Å²) in [7, 11) is 0. The normalized spacial score (nSPS) is 14.4. The van der Waals surface area contributed by atoms with E-state index in [1.54, 1.807) is 6.20 Å². The molecule has 2 heteroatoms. The van der Waals surface area contributed by atoms with Crippen LogP contribution in [0.4, 0.5) is 0 Å². The van der Waals surface area contributed by atoms with E-state index >= 15 is 0 Å². The summed E-state index contributed by atoms with van der Waals surface area (Å²) in [6.45, 7) is 10.6. The Labute approximate surface area is 81.9 Å². The zero-order valence-electron chi connectivity index (χ0n) is 9.46. The molecule has 76 valence electrons. The van der Waals surface area contributed by atoms with Crippen molar-refractivity contribution in [2.75, 3.05) is 0 Å². The molecule has 2 N–H and O–H groups in total. The summed E-state index contributed by atoms with van der Waals surface area (Å²) in [6.07, 6.45) is 2.64. The van der Waals surface area contributed by atoms with E-state index in [2.05, 4.69) is 39.6 Å². The van der Waals surface area contributed by atoms with Crippen LogP contribution >= 0.6 is 0 Å². The van der Waals surface area contributed by atoms with Crippen LogP contribution in [-0.2, 0) is 0 Å². The Balaban J connectivity index is 4.80. The molecule has 0 saturated carbocycles. The van der Waals surface area contributed by atoms with Crippen LogP contribution in [0.3, 0.4) is 0 Å². The van der Waals surface area contributed by atoms with Crippen LogP contribution < -0.4 is 5.73 Å². The van der Waals surface area contributed by atoms with Crippen LogP contribution in [0.15, 0.2) is 16.8 Å². The summed E-state index contributed by atoms with van der Waals surface area (Å²) in [4.78, 5) is 4.59. The topological polar surface area (TPSA) is 38.4 Å². The number of nitrogens with two attached hydrogens (primary N) is 1. The first kappa shape index (κ1) is 12.2. The molecular formula is C11H22N2. The fraction of sp³-hybridized carbons (Fsp3) is 0.727. The van der Waals surface area contributed by atoms with E-state index in [-0.39, 0.29) is 0 Å². The minimum Gasteiger partial charge on any atom is -0.404 e. The van der Waals surface area contributed by atoms with Gasteiger partial charge in [0.05, 0.1) is 0 Å². The molecule has 0 saturated heterocycles. The third kappa shape index (κ3) is 4.11. The molecule has 0 bridgehead atoms. The average Bonchev–Trinajstić information content (AvgIpc) is 2.04. The van der Waals surface area contributed by atoms with Gasteiger partial charge >= 0.3 is 0 Å². The molecule has 0 aromatic carbocycles. The number of nitrogens with zero attached hydrogens (tertiary/aromatic N) is 1. The van der Waals surface area contributed by atoms with Gasteiger partial charge in [0.1, 0.15) is 0 Å². The van der Waals surface area contributed by atoms with Crippen molar-refractivity contribution >= 4 is 5.71 Å². The van der Waals surface area contributed by atoms with Crippen LogP contribution in [0.5, 0.6) is 0 Å². The van der Waals surface area contributed by atoms with Gasteiger partial charge in [-0.3, -0.25) is 4.99 Å². The zero-order chi connectivity index (χ0) is 10.4. The summed E-state index contributed by atoms with van der Waals surface area (Å²) in [6, 6.07) is 0.346. The lowest BCUT2D eigenvalue weighted by Crippen LogP contribution is -2.14. The van der Waals surface area contributed by atoms with E-state index < -0.39 is 0 Å². The summed E-state index contributed by atoms with van der Waals surface area (Å²) >= 11 is 0. The third-order valence-corrected chi connectivity index (χ3v) is 1.86. The van der Waals surface area contributed by atoms with Crippen LogP contribution in [0.1, 0.15) is 41.0 Å². The van der Waals surface area contributed by atoms with Crippen molar-refractivity contribution in [3.63, 3.8) is 0 Å². The summed E-state index contributed by atoms with van der Waals surface area (Å²) in [5.74, 6) is 0.456. The molecule has 0 fully saturated rings. The molecule has 0 atom stereocenters. The second kappa shape index (κ2) is 5.79. The van der Waals surface area contributed by atoms with Crippen molar-refractivity contribution in [3.8, 4) is 0 Å². The van der Waals surface area contributed by atoms with Gasteiger partial charge in [-0.1, -0.05) is 20.8 Å². The van der Waals surface area contributed by atoms with Crippen molar-refractivity contribution in [2.24, 2.45) is 16.6 Å². The second-order valence-electron chi connectivity index (χ2n) is 3.81. The highest BCUT2D eigenvalue weighted by Gasteiger charge is 2.09. The van der Waals surface area contributed by atoms with Gasteiger partial charge in [-0.15, -0.1) is 0 Å². The lowest BCUT2D eigenvalue weighted by Gasteiger charge is -2.14. The summed E-state index contributed by atoms with van der Waals surface area (Å²) < 4.78 is 0. The molecule has 0 aliphatic carbocycles. The molecular weight excluding hydrogens is 160 g/mol. The van der Waals surface area contributed by atoms with E-state index in [9.17, 15) is 0 Å². The average molecular weight is 182 g/mol. The van der Waals surface area contributed by atoms with E-state index in [1.807, 2.05) is 0 Å². The van der Waals surface area contributed by atoms with Crippen molar-refractivity contribution < 1.29 is 0 Å². The van der Waals surface area contributed by atoms with Crippen molar-refractivity contribution in [1.82, 2.24) is 0 Å². The Morgan fingerprint density at radius 2 is 1.85 bits per heavy atom. The highest BCUT2D eigenvalue weighted by atomic mass is 14.8. The Morgan fingerprint density at radius 1 is 1.31 bits per heavy atom. The molecule has 0 radical (unpaired) electrons. The molecule has 0 unspecified atom stereocenters.